The topological polar surface area (TPSA) is 37.8 Å². The average Bonchev–Trinajstić information content (AvgIpc) is 2.80. The third-order valence-corrected chi connectivity index (χ3v) is 3.71. The minimum atomic E-state index is 0.460. The number of rotatable bonds is 5. The van der Waals surface area contributed by atoms with E-state index in [1.54, 1.807) is 11.3 Å². The van der Waals surface area contributed by atoms with Gasteiger partial charge in [0.2, 0.25) is 5.13 Å². The van der Waals surface area contributed by atoms with Crippen molar-refractivity contribution in [3.8, 4) is 0 Å². The molecule has 1 aromatic rings. The summed E-state index contributed by atoms with van der Waals surface area (Å²) < 4.78 is 0. The van der Waals surface area contributed by atoms with Crippen LogP contribution in [0.4, 0.5) is 5.13 Å². The molecule has 1 saturated carbocycles. The number of aromatic nitrogens is 2. The number of aryl methyl sites for hydroxylation is 1. The third-order valence-electron chi connectivity index (χ3n) is 2.72. The average molecular weight is 232 g/mol. The Morgan fingerprint density at radius 1 is 1.50 bits per heavy atom. The number of hydrogen-bond donors (Lipinski definition) is 1. The van der Waals surface area contributed by atoms with Crippen LogP contribution in [-0.2, 0) is 0 Å². The zero-order valence-electron chi connectivity index (χ0n) is 8.22. The van der Waals surface area contributed by atoms with Gasteiger partial charge in [-0.15, -0.1) is 21.8 Å². The predicted octanol–water partition coefficient (Wildman–Crippen LogP) is 2.67. The second kappa shape index (κ2) is 4.03. The van der Waals surface area contributed by atoms with Gasteiger partial charge in [-0.25, -0.2) is 0 Å². The largest absolute Gasteiger partial charge is 0.360 e. The predicted molar refractivity (Wildman–Crippen MR) is 60.1 cm³/mol. The van der Waals surface area contributed by atoms with Crippen molar-refractivity contribution < 1.29 is 0 Å². The van der Waals surface area contributed by atoms with Crippen molar-refractivity contribution >= 4 is 28.1 Å². The summed E-state index contributed by atoms with van der Waals surface area (Å²) >= 11 is 7.37. The highest BCUT2D eigenvalue weighted by Gasteiger charge is 2.41. The highest BCUT2D eigenvalue weighted by molar-refractivity contribution is 7.15. The first kappa shape index (κ1) is 10.2. The van der Waals surface area contributed by atoms with E-state index < -0.39 is 0 Å². The van der Waals surface area contributed by atoms with Crippen molar-refractivity contribution in [3.63, 3.8) is 0 Å². The molecule has 0 saturated heterocycles. The molecule has 1 fully saturated rings. The lowest BCUT2D eigenvalue weighted by Crippen LogP contribution is -2.15. The van der Waals surface area contributed by atoms with E-state index >= 15 is 0 Å². The summed E-state index contributed by atoms with van der Waals surface area (Å²) in [6.45, 7) is 2.96. The minimum Gasteiger partial charge on any atom is -0.360 e. The standard InChI is InChI=1S/C9H14ClN3S/c1-7-12-13-8(14-7)11-6-9(2-3-9)4-5-10/h2-6H2,1H3,(H,11,13). The fraction of sp³-hybridized carbons (Fsp3) is 0.778. The lowest BCUT2D eigenvalue weighted by atomic mass is 10.0. The number of anilines is 1. The molecule has 78 valence electrons. The quantitative estimate of drug-likeness (QED) is 0.792. The van der Waals surface area contributed by atoms with Crippen LogP contribution in [0, 0.1) is 12.3 Å². The maximum Gasteiger partial charge on any atom is 0.205 e. The Morgan fingerprint density at radius 3 is 2.79 bits per heavy atom. The lowest BCUT2D eigenvalue weighted by molar-refractivity contribution is 0.524. The van der Waals surface area contributed by atoms with E-state index in [1.807, 2.05) is 6.92 Å². The zero-order chi connectivity index (χ0) is 10.0. The van der Waals surface area contributed by atoms with E-state index in [1.165, 1.54) is 12.8 Å². The van der Waals surface area contributed by atoms with Gasteiger partial charge in [0, 0.05) is 12.4 Å². The van der Waals surface area contributed by atoms with Crippen molar-refractivity contribution in [2.45, 2.75) is 26.2 Å². The first-order chi connectivity index (χ1) is 6.74. The first-order valence-electron chi connectivity index (χ1n) is 4.84. The molecule has 3 nitrogen and oxygen atoms in total. The van der Waals surface area contributed by atoms with Crippen LogP contribution in [-0.4, -0.2) is 22.6 Å². The van der Waals surface area contributed by atoms with Crippen LogP contribution >= 0.6 is 22.9 Å². The van der Waals surface area contributed by atoms with Crippen LogP contribution < -0.4 is 5.32 Å². The molecular weight excluding hydrogens is 218 g/mol. The van der Waals surface area contributed by atoms with Crippen LogP contribution in [0.3, 0.4) is 0 Å². The molecule has 2 rings (SSSR count). The van der Waals surface area contributed by atoms with Crippen molar-refractivity contribution in [1.29, 1.82) is 0 Å². The van der Waals surface area contributed by atoms with Crippen LogP contribution in [0.2, 0.25) is 0 Å². The fourth-order valence-electron chi connectivity index (χ4n) is 1.52. The second-order valence-electron chi connectivity index (χ2n) is 3.92. The molecule has 0 aliphatic heterocycles. The van der Waals surface area contributed by atoms with Gasteiger partial charge in [-0.05, 0) is 31.6 Å². The van der Waals surface area contributed by atoms with Crippen molar-refractivity contribution in [1.82, 2.24) is 10.2 Å². The first-order valence-corrected chi connectivity index (χ1v) is 6.19. The second-order valence-corrected chi connectivity index (χ2v) is 5.48. The highest BCUT2D eigenvalue weighted by atomic mass is 35.5. The number of nitrogens with zero attached hydrogens (tertiary/aromatic N) is 2. The van der Waals surface area contributed by atoms with Gasteiger partial charge >= 0.3 is 0 Å². The number of halogens is 1. The summed E-state index contributed by atoms with van der Waals surface area (Å²) in [7, 11) is 0. The van der Waals surface area contributed by atoms with E-state index in [0.29, 0.717) is 5.41 Å². The van der Waals surface area contributed by atoms with Gasteiger partial charge in [0.1, 0.15) is 5.01 Å². The van der Waals surface area contributed by atoms with Crippen LogP contribution in [0.5, 0.6) is 0 Å². The van der Waals surface area contributed by atoms with Gasteiger partial charge in [-0.2, -0.15) is 0 Å². The van der Waals surface area contributed by atoms with Gasteiger partial charge in [-0.3, -0.25) is 0 Å². The number of hydrogen-bond acceptors (Lipinski definition) is 4. The fourth-order valence-corrected chi connectivity index (χ4v) is 2.51. The molecule has 1 aromatic heterocycles. The van der Waals surface area contributed by atoms with Gasteiger partial charge in [-0.1, -0.05) is 11.3 Å². The maximum absolute atomic E-state index is 5.76. The Morgan fingerprint density at radius 2 is 2.29 bits per heavy atom. The lowest BCUT2D eigenvalue weighted by Gasteiger charge is -2.12. The molecule has 0 atom stereocenters. The molecule has 0 amide bonds. The van der Waals surface area contributed by atoms with E-state index in [9.17, 15) is 0 Å². The van der Waals surface area contributed by atoms with E-state index in [2.05, 4.69) is 15.5 Å². The van der Waals surface area contributed by atoms with Gasteiger partial charge in [0.05, 0.1) is 0 Å². The monoisotopic (exact) mass is 231 g/mol. The van der Waals surface area contributed by atoms with E-state index in [-0.39, 0.29) is 0 Å². The Hall–Kier alpha value is -0.350. The van der Waals surface area contributed by atoms with Crippen LogP contribution in [0.25, 0.3) is 0 Å². The highest BCUT2D eigenvalue weighted by Crippen LogP contribution is 2.48. The zero-order valence-corrected chi connectivity index (χ0v) is 9.79. The molecule has 0 bridgehead atoms. The maximum atomic E-state index is 5.76. The summed E-state index contributed by atoms with van der Waals surface area (Å²) in [5.41, 5.74) is 0.460. The summed E-state index contributed by atoms with van der Waals surface area (Å²) in [5, 5.41) is 13.3. The minimum absolute atomic E-state index is 0.460. The molecule has 1 N–H and O–H groups in total. The molecule has 1 aliphatic rings. The molecule has 14 heavy (non-hydrogen) atoms. The van der Waals surface area contributed by atoms with Crippen molar-refractivity contribution in [2.75, 3.05) is 17.7 Å². The normalized spacial score (nSPS) is 18.1. The Balaban J connectivity index is 1.82. The van der Waals surface area contributed by atoms with E-state index in [0.717, 1.165) is 29.0 Å². The summed E-state index contributed by atoms with van der Waals surface area (Å²) in [4.78, 5) is 0. The van der Waals surface area contributed by atoms with Gasteiger partial charge in [0.25, 0.3) is 0 Å². The summed E-state index contributed by atoms with van der Waals surface area (Å²) in [6.07, 6.45) is 3.70. The summed E-state index contributed by atoms with van der Waals surface area (Å²) in [5.74, 6) is 0.761. The van der Waals surface area contributed by atoms with Crippen molar-refractivity contribution in [3.05, 3.63) is 5.01 Å². The molecule has 0 unspecified atom stereocenters. The Kier molecular flexibility index (Phi) is 2.93. The molecular formula is C9H14ClN3S. The van der Waals surface area contributed by atoms with Crippen molar-refractivity contribution in [2.24, 2.45) is 5.41 Å². The molecule has 0 spiro atoms. The summed E-state index contributed by atoms with van der Waals surface area (Å²) in [6, 6.07) is 0. The van der Waals surface area contributed by atoms with Gasteiger partial charge < -0.3 is 5.32 Å². The Labute approximate surface area is 92.9 Å². The smallest absolute Gasteiger partial charge is 0.205 e. The third kappa shape index (κ3) is 2.36. The van der Waals surface area contributed by atoms with Crippen LogP contribution in [0.1, 0.15) is 24.3 Å². The molecule has 0 radical (unpaired) electrons. The molecule has 0 aromatic carbocycles. The molecule has 1 heterocycles. The molecule has 5 heteroatoms. The molecule has 1 aliphatic carbocycles. The Bertz CT molecular complexity index is 309. The van der Waals surface area contributed by atoms with Gasteiger partial charge in [0.15, 0.2) is 0 Å². The number of alkyl halides is 1. The van der Waals surface area contributed by atoms with E-state index in [4.69, 9.17) is 11.6 Å². The van der Waals surface area contributed by atoms with Crippen LogP contribution in [0.15, 0.2) is 0 Å². The number of nitrogens with one attached hydrogen (secondary N) is 1. The SMILES string of the molecule is Cc1nnc(NCC2(CCCl)CC2)s1.